The quantitative estimate of drug-likeness (QED) is 0.471. The second-order valence-electron chi connectivity index (χ2n) is 3.04. The first kappa shape index (κ1) is 13.5. The standard InChI is InChI=1S/C7H11NO6P2/c8-14-16(12,13)7(15(9,10)11)6-4-2-1-3-5-6/h1-5,7H,8H2,(H,12,13)(H2,9,10,11). The molecule has 0 saturated heterocycles. The van der Waals surface area contributed by atoms with Gasteiger partial charge in [-0.25, -0.2) is 10.5 Å². The van der Waals surface area contributed by atoms with Crippen molar-refractivity contribution in [3.8, 4) is 0 Å². The van der Waals surface area contributed by atoms with Crippen LogP contribution in [0.2, 0.25) is 0 Å². The van der Waals surface area contributed by atoms with Crippen LogP contribution in [0, 0.1) is 0 Å². The zero-order valence-corrected chi connectivity index (χ0v) is 9.79. The smallest absolute Gasteiger partial charge is 0.324 e. The van der Waals surface area contributed by atoms with E-state index >= 15 is 0 Å². The molecule has 5 N–H and O–H groups in total. The highest BCUT2D eigenvalue weighted by molar-refractivity contribution is 7.70. The maximum absolute atomic E-state index is 11.4. The highest BCUT2D eigenvalue weighted by Gasteiger charge is 2.46. The molecule has 2 unspecified atom stereocenters. The van der Waals surface area contributed by atoms with Crippen LogP contribution in [0.4, 0.5) is 0 Å². The van der Waals surface area contributed by atoms with Gasteiger partial charge in [-0.3, -0.25) is 9.13 Å². The fourth-order valence-electron chi connectivity index (χ4n) is 1.26. The number of benzene rings is 1. The minimum absolute atomic E-state index is 0.00730. The highest BCUT2D eigenvalue weighted by Crippen LogP contribution is 2.71. The Morgan fingerprint density at radius 2 is 1.62 bits per heavy atom. The van der Waals surface area contributed by atoms with Crippen molar-refractivity contribution < 1.29 is 28.4 Å². The van der Waals surface area contributed by atoms with Gasteiger partial charge < -0.3 is 14.7 Å². The molecule has 0 aliphatic rings. The normalized spacial score (nSPS) is 17.8. The van der Waals surface area contributed by atoms with Crippen LogP contribution in [0.1, 0.15) is 11.0 Å². The summed E-state index contributed by atoms with van der Waals surface area (Å²) in [6, 6.07) is 7.19. The van der Waals surface area contributed by atoms with Gasteiger partial charge in [0.2, 0.25) is 0 Å². The molecule has 2 atom stereocenters. The first-order valence-corrected chi connectivity index (χ1v) is 7.43. The topological polar surface area (TPSA) is 130 Å². The van der Waals surface area contributed by atoms with Crippen molar-refractivity contribution in [3.05, 3.63) is 35.9 Å². The Balaban J connectivity index is 3.29. The fraction of sp³-hybridized carbons (Fsp3) is 0.143. The van der Waals surface area contributed by atoms with Crippen molar-refractivity contribution in [1.82, 2.24) is 0 Å². The summed E-state index contributed by atoms with van der Waals surface area (Å²) in [5.41, 5.74) is -0.00730. The van der Waals surface area contributed by atoms with E-state index in [4.69, 9.17) is 9.79 Å². The van der Waals surface area contributed by atoms with E-state index in [1.807, 2.05) is 0 Å². The first-order chi connectivity index (χ1) is 7.29. The Labute approximate surface area is 91.5 Å². The Morgan fingerprint density at radius 3 is 2.00 bits per heavy atom. The van der Waals surface area contributed by atoms with Crippen LogP contribution in [0.25, 0.3) is 0 Å². The van der Waals surface area contributed by atoms with Gasteiger partial charge in [-0.05, 0) is 5.56 Å². The molecule has 0 heterocycles. The predicted octanol–water partition coefficient (Wildman–Crippen LogP) is 0.939. The van der Waals surface area contributed by atoms with Crippen molar-refractivity contribution >= 4 is 15.2 Å². The summed E-state index contributed by atoms with van der Waals surface area (Å²) < 4.78 is 26.4. The van der Waals surface area contributed by atoms with Crippen LogP contribution in [0.3, 0.4) is 0 Å². The van der Waals surface area contributed by atoms with Crippen molar-refractivity contribution in [2.24, 2.45) is 5.90 Å². The van der Waals surface area contributed by atoms with Gasteiger partial charge in [0, 0.05) is 0 Å². The van der Waals surface area contributed by atoms with E-state index in [0.29, 0.717) is 0 Å². The Hall–Kier alpha value is -0.520. The highest BCUT2D eigenvalue weighted by atomic mass is 31.2. The Bertz CT molecular complexity index is 443. The van der Waals surface area contributed by atoms with E-state index in [9.17, 15) is 14.0 Å². The summed E-state index contributed by atoms with van der Waals surface area (Å²) >= 11 is 0. The molecule has 1 aromatic rings. The second-order valence-corrected chi connectivity index (χ2v) is 7.00. The molecular formula is C7H11NO6P2. The lowest BCUT2D eigenvalue weighted by atomic mass is 10.2. The van der Waals surface area contributed by atoms with E-state index in [1.165, 1.54) is 24.3 Å². The molecule has 90 valence electrons. The van der Waals surface area contributed by atoms with Gasteiger partial charge in [-0.2, -0.15) is 0 Å². The third-order valence-electron chi connectivity index (χ3n) is 1.88. The monoisotopic (exact) mass is 267 g/mol. The molecule has 0 aliphatic carbocycles. The zero-order valence-electron chi connectivity index (χ0n) is 8.00. The van der Waals surface area contributed by atoms with Crippen molar-refractivity contribution in [1.29, 1.82) is 0 Å². The third-order valence-corrected chi connectivity index (χ3v) is 5.81. The SMILES string of the molecule is NOP(=O)(O)C(c1ccccc1)P(=O)(O)O. The van der Waals surface area contributed by atoms with Gasteiger partial charge >= 0.3 is 15.2 Å². The van der Waals surface area contributed by atoms with Gasteiger partial charge in [0.25, 0.3) is 0 Å². The summed E-state index contributed by atoms with van der Waals surface area (Å²) in [4.78, 5) is 27.4. The minimum Gasteiger partial charge on any atom is -0.324 e. The van der Waals surface area contributed by atoms with Crippen molar-refractivity contribution in [2.75, 3.05) is 0 Å². The number of rotatable bonds is 4. The van der Waals surface area contributed by atoms with Gasteiger partial charge in [0.1, 0.15) is 0 Å². The second kappa shape index (κ2) is 4.77. The van der Waals surface area contributed by atoms with Gasteiger partial charge in [0.05, 0.1) is 0 Å². The summed E-state index contributed by atoms with van der Waals surface area (Å²) in [7, 11) is -9.47. The molecule has 1 rings (SSSR count). The summed E-state index contributed by atoms with van der Waals surface area (Å²) in [6.07, 6.45) is 0. The van der Waals surface area contributed by atoms with Gasteiger partial charge in [-0.1, -0.05) is 30.3 Å². The molecule has 1 aromatic carbocycles. The van der Waals surface area contributed by atoms with Crippen molar-refractivity contribution in [2.45, 2.75) is 5.40 Å². The molecule has 0 radical (unpaired) electrons. The maximum atomic E-state index is 11.4. The van der Waals surface area contributed by atoms with E-state index < -0.39 is 20.6 Å². The van der Waals surface area contributed by atoms with E-state index in [1.54, 1.807) is 6.07 Å². The van der Waals surface area contributed by atoms with Crippen LogP contribution in [0.15, 0.2) is 30.3 Å². The van der Waals surface area contributed by atoms with Crippen LogP contribution < -0.4 is 5.90 Å². The van der Waals surface area contributed by atoms with E-state index in [-0.39, 0.29) is 5.56 Å². The minimum atomic E-state index is -4.85. The molecule has 16 heavy (non-hydrogen) atoms. The molecule has 0 amide bonds. The van der Waals surface area contributed by atoms with Crippen LogP contribution in [-0.2, 0) is 13.8 Å². The van der Waals surface area contributed by atoms with Gasteiger partial charge in [-0.15, -0.1) is 0 Å². The summed E-state index contributed by atoms with van der Waals surface area (Å²) in [5, 5.41) is -1.97. The molecule has 0 spiro atoms. The average molecular weight is 267 g/mol. The number of nitrogens with two attached hydrogens (primary N) is 1. The first-order valence-electron chi connectivity index (χ1n) is 4.10. The van der Waals surface area contributed by atoms with Crippen molar-refractivity contribution in [3.63, 3.8) is 0 Å². The molecular weight excluding hydrogens is 256 g/mol. The van der Waals surface area contributed by atoms with E-state index in [0.717, 1.165) is 0 Å². The van der Waals surface area contributed by atoms with Crippen LogP contribution in [-0.4, -0.2) is 14.7 Å². The fourth-order valence-corrected chi connectivity index (χ4v) is 4.16. The lowest BCUT2D eigenvalue weighted by Gasteiger charge is -2.21. The molecule has 0 fully saturated rings. The molecule has 7 nitrogen and oxygen atoms in total. The predicted molar refractivity (Wildman–Crippen MR) is 56.3 cm³/mol. The average Bonchev–Trinajstić information content (AvgIpc) is 2.17. The Morgan fingerprint density at radius 1 is 1.12 bits per heavy atom. The molecule has 0 bridgehead atoms. The number of hydrogen-bond acceptors (Lipinski definition) is 4. The zero-order chi connectivity index (χ0) is 12.4. The van der Waals surface area contributed by atoms with Crippen LogP contribution >= 0.6 is 15.2 Å². The van der Waals surface area contributed by atoms with Gasteiger partial charge in [0.15, 0.2) is 5.40 Å². The lowest BCUT2D eigenvalue weighted by molar-refractivity contribution is 0.260. The lowest BCUT2D eigenvalue weighted by Crippen LogP contribution is -2.07. The van der Waals surface area contributed by atoms with E-state index in [2.05, 4.69) is 10.5 Å². The number of hydrogen-bond donors (Lipinski definition) is 4. The van der Waals surface area contributed by atoms with Crippen LogP contribution in [0.5, 0.6) is 0 Å². The summed E-state index contributed by atoms with van der Waals surface area (Å²) in [6.45, 7) is 0. The molecule has 9 heteroatoms. The molecule has 0 saturated carbocycles. The third kappa shape index (κ3) is 2.99. The molecule has 0 aromatic heterocycles. The maximum Gasteiger partial charge on any atom is 0.363 e. The molecule has 0 aliphatic heterocycles. The summed E-state index contributed by atoms with van der Waals surface area (Å²) in [5.74, 6) is 4.58. The largest absolute Gasteiger partial charge is 0.363 e. The Kier molecular flexibility index (Phi) is 4.04.